The van der Waals surface area contributed by atoms with E-state index in [1.54, 1.807) is 35.2 Å². The number of oxazole rings is 1. The quantitative estimate of drug-likeness (QED) is 0.506. The molecule has 0 aliphatic heterocycles. The van der Waals surface area contributed by atoms with Gasteiger partial charge < -0.3 is 14.6 Å². The van der Waals surface area contributed by atoms with E-state index >= 15 is 0 Å². The van der Waals surface area contributed by atoms with Crippen molar-refractivity contribution < 1.29 is 9.21 Å². The van der Waals surface area contributed by atoms with Crippen LogP contribution in [0.25, 0.3) is 22.5 Å². The number of anilines is 1. The van der Waals surface area contributed by atoms with E-state index in [0.717, 1.165) is 5.56 Å². The van der Waals surface area contributed by atoms with Crippen LogP contribution >= 0.6 is 11.6 Å². The van der Waals surface area contributed by atoms with Crippen LogP contribution in [0, 0.1) is 0 Å². The van der Waals surface area contributed by atoms with Gasteiger partial charge in [-0.15, -0.1) is 0 Å². The van der Waals surface area contributed by atoms with E-state index in [1.807, 2.05) is 26.2 Å². The highest BCUT2D eigenvalue weighted by Gasteiger charge is 2.12. The summed E-state index contributed by atoms with van der Waals surface area (Å²) in [7, 11) is 3.69. The number of nitrogens with zero attached hydrogens (tertiary/aromatic N) is 4. The average Bonchev–Trinajstić information content (AvgIpc) is 3.35. The largest absolute Gasteiger partial charge is 0.423 e. The summed E-state index contributed by atoms with van der Waals surface area (Å²) in [6.45, 7) is 0.422. The molecule has 8 nitrogen and oxygen atoms in total. The van der Waals surface area contributed by atoms with Crippen LogP contribution in [0.4, 0.5) is 6.01 Å². The highest BCUT2D eigenvalue weighted by Crippen LogP contribution is 2.22. The summed E-state index contributed by atoms with van der Waals surface area (Å²) in [5.41, 5.74) is 2.67. The molecule has 148 valence electrons. The number of H-pyrrole nitrogens is 1. The molecule has 0 bridgehead atoms. The van der Waals surface area contributed by atoms with Crippen LogP contribution in [0.15, 0.2) is 46.9 Å². The van der Waals surface area contributed by atoms with Gasteiger partial charge in [0, 0.05) is 43.2 Å². The highest BCUT2D eigenvalue weighted by molar-refractivity contribution is 6.30. The molecule has 0 aliphatic rings. The molecule has 0 saturated carbocycles. The Hall–Kier alpha value is -3.39. The number of aromatic nitrogens is 4. The second-order valence-corrected chi connectivity index (χ2v) is 7.13. The predicted molar refractivity (Wildman–Crippen MR) is 111 cm³/mol. The maximum Gasteiger partial charge on any atom is 0.297 e. The minimum Gasteiger partial charge on any atom is -0.423 e. The highest BCUT2D eigenvalue weighted by atomic mass is 35.5. The Morgan fingerprint density at radius 2 is 1.97 bits per heavy atom. The Bertz CT molecular complexity index is 1150. The number of carbonyl (C=O) groups excluding carboxylic acids is 1. The fourth-order valence-corrected chi connectivity index (χ4v) is 2.90. The summed E-state index contributed by atoms with van der Waals surface area (Å²) >= 11 is 5.90. The van der Waals surface area contributed by atoms with Crippen molar-refractivity contribution in [2.24, 2.45) is 0 Å². The van der Waals surface area contributed by atoms with E-state index in [4.69, 9.17) is 16.0 Å². The summed E-state index contributed by atoms with van der Waals surface area (Å²) in [6.07, 6.45) is 0.529. The molecule has 9 heteroatoms. The van der Waals surface area contributed by atoms with Gasteiger partial charge in [-0.2, -0.15) is 10.1 Å². The number of carbonyl (C=O) groups is 1. The van der Waals surface area contributed by atoms with Gasteiger partial charge >= 0.3 is 0 Å². The van der Waals surface area contributed by atoms with Crippen LogP contribution in [0.2, 0.25) is 5.02 Å². The van der Waals surface area contributed by atoms with Crippen LogP contribution in [-0.2, 0) is 6.42 Å². The third-order valence-corrected chi connectivity index (χ3v) is 4.56. The fraction of sp³-hybridized carbons (Fsp3) is 0.200. The molecule has 0 radical (unpaired) electrons. The number of aromatic amines is 1. The molecule has 4 aromatic rings. The summed E-state index contributed by atoms with van der Waals surface area (Å²) in [5, 5.41) is 10.6. The first kappa shape index (κ1) is 18.9. The zero-order chi connectivity index (χ0) is 20.4. The van der Waals surface area contributed by atoms with Gasteiger partial charge in [0.1, 0.15) is 11.3 Å². The van der Waals surface area contributed by atoms with E-state index in [0.29, 0.717) is 52.3 Å². The third-order valence-electron chi connectivity index (χ3n) is 4.30. The molecule has 0 aliphatic carbocycles. The molecule has 1 amide bonds. The molecule has 0 fully saturated rings. The van der Waals surface area contributed by atoms with Gasteiger partial charge in [0.15, 0.2) is 11.4 Å². The number of benzene rings is 2. The SMILES string of the molecule is CN(C)c1nc2ccc(C(=O)NCCc3nc(-c4ccc(Cl)cc4)n[nH]3)cc2o1. The lowest BCUT2D eigenvalue weighted by atomic mass is 10.2. The van der Waals surface area contributed by atoms with Crippen LogP contribution in [0.5, 0.6) is 0 Å². The van der Waals surface area contributed by atoms with Gasteiger partial charge in [0.25, 0.3) is 11.9 Å². The fourth-order valence-electron chi connectivity index (χ4n) is 2.78. The van der Waals surface area contributed by atoms with Gasteiger partial charge in [-0.1, -0.05) is 11.6 Å². The molecule has 4 rings (SSSR count). The third kappa shape index (κ3) is 4.22. The van der Waals surface area contributed by atoms with Crippen molar-refractivity contribution in [1.82, 2.24) is 25.5 Å². The molecule has 0 spiro atoms. The molecule has 0 atom stereocenters. The molecule has 0 saturated heterocycles. The Kier molecular flexibility index (Phi) is 5.18. The van der Waals surface area contributed by atoms with E-state index in [-0.39, 0.29) is 5.91 Å². The first-order valence-corrected chi connectivity index (χ1v) is 9.41. The van der Waals surface area contributed by atoms with E-state index in [1.165, 1.54) is 0 Å². The summed E-state index contributed by atoms with van der Waals surface area (Å²) in [6, 6.07) is 13.0. The van der Waals surface area contributed by atoms with Gasteiger partial charge in [-0.05, 0) is 42.5 Å². The van der Waals surface area contributed by atoms with Crippen molar-refractivity contribution in [2.45, 2.75) is 6.42 Å². The van der Waals surface area contributed by atoms with Crippen molar-refractivity contribution in [2.75, 3.05) is 25.5 Å². The molecule has 2 aromatic carbocycles. The first-order valence-electron chi connectivity index (χ1n) is 9.03. The van der Waals surface area contributed by atoms with Crippen LogP contribution < -0.4 is 10.2 Å². The van der Waals surface area contributed by atoms with Crippen molar-refractivity contribution in [3.63, 3.8) is 0 Å². The normalized spacial score (nSPS) is 11.0. The van der Waals surface area contributed by atoms with Crippen molar-refractivity contribution in [3.05, 3.63) is 58.9 Å². The predicted octanol–water partition coefficient (Wildman–Crippen LogP) is 3.30. The van der Waals surface area contributed by atoms with Crippen molar-refractivity contribution in [3.8, 4) is 11.4 Å². The average molecular weight is 411 g/mol. The van der Waals surface area contributed by atoms with Gasteiger partial charge in [-0.3, -0.25) is 9.89 Å². The van der Waals surface area contributed by atoms with Gasteiger partial charge in [-0.25, -0.2) is 4.98 Å². The lowest BCUT2D eigenvalue weighted by molar-refractivity contribution is 0.0954. The number of amides is 1. The first-order chi connectivity index (χ1) is 14.0. The Morgan fingerprint density at radius 3 is 2.72 bits per heavy atom. The zero-order valence-corrected chi connectivity index (χ0v) is 16.7. The summed E-state index contributed by atoms with van der Waals surface area (Å²) in [5.74, 6) is 1.10. The standard InChI is InChI=1S/C20H19ClN6O2/c1-27(2)20-23-15-8-5-13(11-16(15)29-20)19(28)22-10-9-17-24-18(26-25-17)12-3-6-14(21)7-4-12/h3-8,11H,9-10H2,1-2H3,(H,22,28)(H,24,25,26). The van der Waals surface area contributed by atoms with Gasteiger partial charge in [0.2, 0.25) is 0 Å². The lowest BCUT2D eigenvalue weighted by Crippen LogP contribution is -2.25. The summed E-state index contributed by atoms with van der Waals surface area (Å²) in [4.78, 5) is 23.0. The molecular formula is C20H19ClN6O2. The monoisotopic (exact) mass is 410 g/mol. The number of rotatable bonds is 6. The Balaban J connectivity index is 1.36. The number of halogens is 1. The molecular weight excluding hydrogens is 392 g/mol. The molecule has 0 unspecified atom stereocenters. The molecule has 2 heterocycles. The van der Waals surface area contributed by atoms with Gasteiger partial charge in [0.05, 0.1) is 0 Å². The van der Waals surface area contributed by atoms with E-state index in [2.05, 4.69) is 25.5 Å². The van der Waals surface area contributed by atoms with Crippen molar-refractivity contribution >= 4 is 34.6 Å². The second kappa shape index (κ2) is 7.92. The number of hydrogen-bond acceptors (Lipinski definition) is 6. The number of nitrogens with one attached hydrogen (secondary N) is 2. The Labute approximate surface area is 171 Å². The molecule has 2 aromatic heterocycles. The van der Waals surface area contributed by atoms with Crippen LogP contribution in [0.3, 0.4) is 0 Å². The zero-order valence-electron chi connectivity index (χ0n) is 15.9. The second-order valence-electron chi connectivity index (χ2n) is 6.69. The van der Waals surface area contributed by atoms with Crippen LogP contribution in [0.1, 0.15) is 16.2 Å². The number of hydrogen-bond donors (Lipinski definition) is 2. The Morgan fingerprint density at radius 1 is 1.17 bits per heavy atom. The van der Waals surface area contributed by atoms with Crippen molar-refractivity contribution in [1.29, 1.82) is 0 Å². The topological polar surface area (TPSA) is 99.9 Å². The minimum atomic E-state index is -0.188. The maximum absolute atomic E-state index is 12.4. The lowest BCUT2D eigenvalue weighted by Gasteiger charge is -2.04. The minimum absolute atomic E-state index is 0.188. The smallest absolute Gasteiger partial charge is 0.297 e. The number of fused-ring (bicyclic) bond motifs is 1. The van der Waals surface area contributed by atoms with E-state index in [9.17, 15) is 4.79 Å². The summed E-state index contributed by atoms with van der Waals surface area (Å²) < 4.78 is 5.65. The maximum atomic E-state index is 12.4. The van der Waals surface area contributed by atoms with E-state index < -0.39 is 0 Å². The molecule has 2 N–H and O–H groups in total. The molecule has 29 heavy (non-hydrogen) atoms. The van der Waals surface area contributed by atoms with Crippen LogP contribution in [-0.4, -0.2) is 46.7 Å².